The van der Waals surface area contributed by atoms with Crippen LogP contribution in [-0.2, 0) is 0 Å². The lowest BCUT2D eigenvalue weighted by molar-refractivity contribution is 0.475. The Morgan fingerprint density at radius 1 is 1.53 bits per heavy atom. The molecule has 1 atom stereocenters. The summed E-state index contributed by atoms with van der Waals surface area (Å²) < 4.78 is 2.14. The summed E-state index contributed by atoms with van der Waals surface area (Å²) >= 11 is 0. The van der Waals surface area contributed by atoms with Crippen LogP contribution < -0.4 is 5.73 Å². The van der Waals surface area contributed by atoms with Gasteiger partial charge in [-0.15, -0.1) is 5.10 Å². The van der Waals surface area contributed by atoms with E-state index in [4.69, 9.17) is 5.73 Å². The van der Waals surface area contributed by atoms with Gasteiger partial charge in [0.1, 0.15) is 5.52 Å². The zero-order valence-electron chi connectivity index (χ0n) is 8.72. The monoisotopic (exact) mass is 202 g/mol. The number of hydrogen-bond donors (Lipinski definition) is 1. The molecule has 0 aliphatic heterocycles. The zero-order chi connectivity index (χ0) is 10.4. The molecule has 0 amide bonds. The van der Waals surface area contributed by atoms with Gasteiger partial charge in [0.25, 0.3) is 0 Å². The molecule has 3 rings (SSSR count). The first-order valence-corrected chi connectivity index (χ1v) is 5.32. The van der Waals surface area contributed by atoms with E-state index in [0.29, 0.717) is 5.92 Å². The van der Waals surface area contributed by atoms with Crippen molar-refractivity contribution in [2.45, 2.75) is 25.9 Å². The molecule has 0 saturated heterocycles. The van der Waals surface area contributed by atoms with Crippen LogP contribution in [-0.4, -0.2) is 14.8 Å². The van der Waals surface area contributed by atoms with E-state index in [1.165, 1.54) is 12.8 Å². The average Bonchev–Trinajstić information content (AvgIpc) is 3.04. The fraction of sp³-hybridized carbons (Fsp3) is 0.455. The Hall–Kier alpha value is -1.42. The van der Waals surface area contributed by atoms with Crippen molar-refractivity contribution in [2.75, 3.05) is 0 Å². The smallest absolute Gasteiger partial charge is 0.114 e. The van der Waals surface area contributed by atoms with Crippen LogP contribution in [0.5, 0.6) is 0 Å². The van der Waals surface area contributed by atoms with Crippen LogP contribution in [0.25, 0.3) is 11.0 Å². The predicted octanol–water partition coefficient (Wildman–Crippen LogP) is 1.61. The summed E-state index contributed by atoms with van der Waals surface area (Å²) in [6.07, 6.45) is 6.40. The second-order valence-corrected chi connectivity index (χ2v) is 4.31. The fourth-order valence-corrected chi connectivity index (χ4v) is 2.07. The standard InChI is InChI=1S/C11H14N4/c1-7-6-15(11(12)8-2-3-8)9-4-5-13-14-10(7)9/h4-6,8,11H,2-3,12H2,1H3. The van der Waals surface area contributed by atoms with Crippen molar-refractivity contribution >= 4 is 11.0 Å². The highest BCUT2D eigenvalue weighted by atomic mass is 15.1. The summed E-state index contributed by atoms with van der Waals surface area (Å²) in [4.78, 5) is 0. The van der Waals surface area contributed by atoms with E-state index in [-0.39, 0.29) is 6.17 Å². The Labute approximate surface area is 88.1 Å². The second kappa shape index (κ2) is 3.03. The minimum atomic E-state index is 0.102. The maximum Gasteiger partial charge on any atom is 0.114 e. The molecule has 0 bridgehead atoms. The number of rotatable bonds is 2. The molecule has 0 radical (unpaired) electrons. The van der Waals surface area contributed by atoms with Gasteiger partial charge in [0.2, 0.25) is 0 Å². The van der Waals surface area contributed by atoms with Crippen molar-refractivity contribution in [2.24, 2.45) is 11.7 Å². The fourth-order valence-electron chi connectivity index (χ4n) is 2.07. The van der Waals surface area contributed by atoms with Gasteiger partial charge in [0.15, 0.2) is 0 Å². The Bertz CT molecular complexity index is 498. The van der Waals surface area contributed by atoms with Gasteiger partial charge in [-0.05, 0) is 37.3 Å². The third-order valence-corrected chi connectivity index (χ3v) is 3.11. The highest BCUT2D eigenvalue weighted by molar-refractivity contribution is 5.78. The molecule has 1 fully saturated rings. The van der Waals surface area contributed by atoms with Crippen LogP contribution in [0.2, 0.25) is 0 Å². The van der Waals surface area contributed by atoms with Gasteiger partial charge in [-0.25, -0.2) is 0 Å². The second-order valence-electron chi connectivity index (χ2n) is 4.31. The SMILES string of the molecule is Cc1cn(C(N)C2CC2)c2ccnnc12. The van der Waals surface area contributed by atoms with Crippen molar-refractivity contribution in [3.63, 3.8) is 0 Å². The lowest BCUT2D eigenvalue weighted by Crippen LogP contribution is -2.19. The van der Waals surface area contributed by atoms with Crippen LogP contribution in [0.4, 0.5) is 0 Å². The molecule has 1 aliphatic rings. The Morgan fingerprint density at radius 2 is 2.33 bits per heavy atom. The maximum atomic E-state index is 6.19. The molecule has 1 aliphatic carbocycles. The number of hydrogen-bond acceptors (Lipinski definition) is 3. The molecule has 2 heterocycles. The maximum absolute atomic E-state index is 6.19. The summed E-state index contributed by atoms with van der Waals surface area (Å²) in [6, 6.07) is 1.98. The third-order valence-electron chi connectivity index (χ3n) is 3.11. The van der Waals surface area contributed by atoms with Crippen LogP contribution in [0.1, 0.15) is 24.6 Å². The number of nitrogens with two attached hydrogens (primary N) is 1. The molecule has 0 aromatic carbocycles. The number of nitrogens with zero attached hydrogens (tertiary/aromatic N) is 3. The van der Waals surface area contributed by atoms with Crippen molar-refractivity contribution in [1.82, 2.24) is 14.8 Å². The molecule has 2 aromatic heterocycles. The average molecular weight is 202 g/mol. The first kappa shape index (κ1) is 8.85. The number of fused-ring (bicyclic) bond motifs is 1. The molecule has 4 nitrogen and oxygen atoms in total. The highest BCUT2D eigenvalue weighted by Crippen LogP contribution is 2.38. The van der Waals surface area contributed by atoms with E-state index in [1.54, 1.807) is 6.20 Å². The first-order chi connectivity index (χ1) is 7.27. The Kier molecular flexibility index (Phi) is 1.79. The summed E-state index contributed by atoms with van der Waals surface area (Å²) in [5, 5.41) is 8.04. The molecule has 2 N–H and O–H groups in total. The van der Waals surface area contributed by atoms with Crippen molar-refractivity contribution < 1.29 is 0 Å². The van der Waals surface area contributed by atoms with Gasteiger partial charge in [0.05, 0.1) is 17.9 Å². The summed E-state index contributed by atoms with van der Waals surface area (Å²) in [5.74, 6) is 0.646. The zero-order valence-corrected chi connectivity index (χ0v) is 8.72. The van der Waals surface area contributed by atoms with Crippen molar-refractivity contribution in [3.8, 4) is 0 Å². The van der Waals surface area contributed by atoms with E-state index in [0.717, 1.165) is 16.6 Å². The van der Waals surface area contributed by atoms with E-state index in [1.807, 2.05) is 13.0 Å². The summed E-state index contributed by atoms with van der Waals surface area (Å²) in [5.41, 5.74) is 9.41. The minimum Gasteiger partial charge on any atom is -0.330 e. The highest BCUT2D eigenvalue weighted by Gasteiger charge is 2.30. The quantitative estimate of drug-likeness (QED) is 0.804. The molecule has 15 heavy (non-hydrogen) atoms. The normalized spacial score (nSPS) is 18.3. The molecule has 1 unspecified atom stereocenters. The minimum absolute atomic E-state index is 0.102. The molecule has 0 spiro atoms. The van der Waals surface area contributed by atoms with Crippen LogP contribution in [0.3, 0.4) is 0 Å². The lowest BCUT2D eigenvalue weighted by Gasteiger charge is -2.13. The topological polar surface area (TPSA) is 56.7 Å². The van der Waals surface area contributed by atoms with Gasteiger partial charge < -0.3 is 10.3 Å². The van der Waals surface area contributed by atoms with Gasteiger partial charge in [-0.1, -0.05) is 0 Å². The van der Waals surface area contributed by atoms with Crippen LogP contribution >= 0.6 is 0 Å². The van der Waals surface area contributed by atoms with E-state index < -0.39 is 0 Å². The third kappa shape index (κ3) is 1.33. The number of aryl methyl sites for hydroxylation is 1. The van der Waals surface area contributed by atoms with Crippen LogP contribution in [0, 0.1) is 12.8 Å². The van der Waals surface area contributed by atoms with Crippen molar-refractivity contribution in [3.05, 3.63) is 24.0 Å². The Balaban J connectivity index is 2.17. The lowest BCUT2D eigenvalue weighted by atomic mass is 10.3. The van der Waals surface area contributed by atoms with Crippen LogP contribution in [0.15, 0.2) is 18.5 Å². The number of aromatic nitrogens is 3. The molecular formula is C11H14N4. The largest absolute Gasteiger partial charge is 0.330 e. The summed E-state index contributed by atoms with van der Waals surface area (Å²) in [7, 11) is 0. The molecule has 2 aromatic rings. The molecule has 4 heteroatoms. The van der Waals surface area contributed by atoms with Crippen molar-refractivity contribution in [1.29, 1.82) is 0 Å². The molecule has 1 saturated carbocycles. The van der Waals surface area contributed by atoms with Gasteiger partial charge in [-0.3, -0.25) is 0 Å². The molecular weight excluding hydrogens is 188 g/mol. The van der Waals surface area contributed by atoms with E-state index >= 15 is 0 Å². The Morgan fingerprint density at radius 3 is 3.07 bits per heavy atom. The van der Waals surface area contributed by atoms with Gasteiger partial charge >= 0.3 is 0 Å². The molecule has 78 valence electrons. The summed E-state index contributed by atoms with van der Waals surface area (Å²) in [6.45, 7) is 2.05. The predicted molar refractivity (Wildman–Crippen MR) is 58.2 cm³/mol. The van der Waals surface area contributed by atoms with Gasteiger partial charge in [0, 0.05) is 6.20 Å². The van der Waals surface area contributed by atoms with E-state index in [9.17, 15) is 0 Å². The van der Waals surface area contributed by atoms with Gasteiger partial charge in [-0.2, -0.15) is 5.10 Å². The first-order valence-electron chi connectivity index (χ1n) is 5.32. The van der Waals surface area contributed by atoms with E-state index in [2.05, 4.69) is 21.0 Å².